The molecule has 21 heavy (non-hydrogen) atoms. The van der Waals surface area contributed by atoms with E-state index in [0.29, 0.717) is 17.7 Å². The highest BCUT2D eigenvalue weighted by molar-refractivity contribution is 6.07. The Hall–Kier alpha value is -2.62. The van der Waals surface area contributed by atoms with Crippen LogP contribution in [-0.2, 0) is 6.54 Å². The lowest BCUT2D eigenvalue weighted by Gasteiger charge is -2.18. The third-order valence-corrected chi connectivity index (χ3v) is 3.24. The lowest BCUT2D eigenvalue weighted by molar-refractivity contribution is 0.0780. The quantitative estimate of drug-likeness (QED) is 0.878. The molecular weight excluding hydrogens is 266 g/mol. The van der Waals surface area contributed by atoms with E-state index in [1.165, 1.54) is 6.92 Å². The standard InChI is InChI=1S/C17H17NO3/c1-12(19)15-5-3-4-6-16(15)17(21)18(2)11-13-7-9-14(20)10-8-13/h3-10,20H,11H2,1-2H3. The highest BCUT2D eigenvalue weighted by Crippen LogP contribution is 2.15. The summed E-state index contributed by atoms with van der Waals surface area (Å²) in [7, 11) is 1.69. The normalized spacial score (nSPS) is 10.2. The van der Waals surface area contributed by atoms with Gasteiger partial charge in [-0.1, -0.05) is 30.3 Å². The van der Waals surface area contributed by atoms with Crippen molar-refractivity contribution in [3.8, 4) is 5.75 Å². The van der Waals surface area contributed by atoms with Crippen LogP contribution in [0, 0.1) is 0 Å². The van der Waals surface area contributed by atoms with Gasteiger partial charge >= 0.3 is 0 Å². The summed E-state index contributed by atoms with van der Waals surface area (Å²) in [5.41, 5.74) is 1.75. The summed E-state index contributed by atoms with van der Waals surface area (Å²) in [6, 6.07) is 13.5. The molecule has 0 heterocycles. The Morgan fingerprint density at radius 3 is 2.14 bits per heavy atom. The molecule has 2 rings (SSSR count). The fourth-order valence-electron chi connectivity index (χ4n) is 2.13. The predicted octanol–water partition coefficient (Wildman–Crippen LogP) is 2.87. The van der Waals surface area contributed by atoms with Crippen LogP contribution >= 0.6 is 0 Å². The fraction of sp³-hybridized carbons (Fsp3) is 0.176. The van der Waals surface area contributed by atoms with Crippen LogP contribution in [0.25, 0.3) is 0 Å². The van der Waals surface area contributed by atoms with E-state index in [1.807, 2.05) is 0 Å². The predicted molar refractivity (Wildman–Crippen MR) is 80.4 cm³/mol. The molecule has 0 bridgehead atoms. The van der Waals surface area contributed by atoms with Gasteiger partial charge < -0.3 is 10.0 Å². The number of hydrogen-bond acceptors (Lipinski definition) is 3. The van der Waals surface area contributed by atoms with Crippen molar-refractivity contribution < 1.29 is 14.7 Å². The smallest absolute Gasteiger partial charge is 0.254 e. The maximum atomic E-state index is 12.5. The van der Waals surface area contributed by atoms with Crippen molar-refractivity contribution in [2.75, 3.05) is 7.05 Å². The highest BCUT2D eigenvalue weighted by Gasteiger charge is 2.17. The number of benzene rings is 2. The van der Waals surface area contributed by atoms with Gasteiger partial charge in [0, 0.05) is 19.2 Å². The Kier molecular flexibility index (Phi) is 4.38. The van der Waals surface area contributed by atoms with E-state index in [0.717, 1.165) is 5.56 Å². The molecule has 0 aliphatic rings. The van der Waals surface area contributed by atoms with E-state index in [4.69, 9.17) is 0 Å². The van der Waals surface area contributed by atoms with Crippen molar-refractivity contribution in [1.82, 2.24) is 4.90 Å². The average Bonchev–Trinajstić information content (AvgIpc) is 2.48. The van der Waals surface area contributed by atoms with E-state index >= 15 is 0 Å². The Bertz CT molecular complexity index is 662. The molecule has 1 N–H and O–H groups in total. The first-order valence-electron chi connectivity index (χ1n) is 6.62. The SMILES string of the molecule is CC(=O)c1ccccc1C(=O)N(C)Cc1ccc(O)cc1. The first kappa shape index (κ1) is 14.8. The minimum Gasteiger partial charge on any atom is -0.508 e. The second-order valence-corrected chi connectivity index (χ2v) is 4.93. The number of Topliss-reactive ketones (excluding diaryl/α,β-unsaturated/α-hetero) is 1. The van der Waals surface area contributed by atoms with Crippen molar-refractivity contribution in [1.29, 1.82) is 0 Å². The summed E-state index contributed by atoms with van der Waals surface area (Å²) < 4.78 is 0. The van der Waals surface area contributed by atoms with Crippen molar-refractivity contribution in [2.24, 2.45) is 0 Å². The Balaban J connectivity index is 2.20. The molecule has 0 aliphatic heterocycles. The molecule has 0 saturated heterocycles. The van der Waals surface area contributed by atoms with Crippen molar-refractivity contribution in [3.63, 3.8) is 0 Å². The van der Waals surface area contributed by atoms with E-state index in [9.17, 15) is 14.7 Å². The van der Waals surface area contributed by atoms with Crippen LogP contribution in [0.15, 0.2) is 48.5 Å². The number of carbonyl (C=O) groups is 2. The van der Waals surface area contributed by atoms with Gasteiger partial charge in [0.25, 0.3) is 5.91 Å². The zero-order valence-corrected chi connectivity index (χ0v) is 12.0. The number of amides is 1. The summed E-state index contributed by atoms with van der Waals surface area (Å²) in [4.78, 5) is 25.6. The zero-order chi connectivity index (χ0) is 15.4. The molecule has 2 aromatic carbocycles. The topological polar surface area (TPSA) is 57.6 Å². The van der Waals surface area contributed by atoms with Crippen molar-refractivity contribution in [2.45, 2.75) is 13.5 Å². The zero-order valence-electron chi connectivity index (χ0n) is 12.0. The molecule has 0 spiro atoms. The minimum atomic E-state index is -0.200. The Morgan fingerprint density at radius 2 is 1.57 bits per heavy atom. The maximum Gasteiger partial charge on any atom is 0.254 e. The third-order valence-electron chi connectivity index (χ3n) is 3.24. The number of rotatable bonds is 4. The Morgan fingerprint density at radius 1 is 1.00 bits per heavy atom. The van der Waals surface area contributed by atoms with Gasteiger partial charge in [0.15, 0.2) is 5.78 Å². The van der Waals surface area contributed by atoms with Crippen LogP contribution in [-0.4, -0.2) is 28.7 Å². The van der Waals surface area contributed by atoms with Crippen LogP contribution in [0.4, 0.5) is 0 Å². The van der Waals surface area contributed by atoms with Crippen molar-refractivity contribution >= 4 is 11.7 Å². The molecule has 108 valence electrons. The van der Waals surface area contributed by atoms with Gasteiger partial charge in [-0.3, -0.25) is 9.59 Å². The number of hydrogen-bond donors (Lipinski definition) is 1. The van der Waals surface area contributed by atoms with Crippen LogP contribution in [0.2, 0.25) is 0 Å². The molecule has 0 aromatic heterocycles. The summed E-state index contributed by atoms with van der Waals surface area (Å²) in [6.07, 6.45) is 0. The second kappa shape index (κ2) is 6.22. The number of ketones is 1. The largest absolute Gasteiger partial charge is 0.508 e. The Labute approximate surface area is 123 Å². The van der Waals surface area contributed by atoms with E-state index in [2.05, 4.69) is 0 Å². The van der Waals surface area contributed by atoms with Gasteiger partial charge in [-0.15, -0.1) is 0 Å². The van der Waals surface area contributed by atoms with E-state index < -0.39 is 0 Å². The van der Waals surface area contributed by atoms with Crippen molar-refractivity contribution in [3.05, 3.63) is 65.2 Å². The molecule has 0 fully saturated rings. The van der Waals surface area contributed by atoms with Gasteiger partial charge in [0.2, 0.25) is 0 Å². The number of phenols is 1. The molecule has 0 atom stereocenters. The first-order chi connectivity index (χ1) is 9.99. The van der Waals surface area contributed by atoms with E-state index in [-0.39, 0.29) is 17.4 Å². The molecule has 0 aliphatic carbocycles. The van der Waals surface area contributed by atoms with Gasteiger partial charge in [0.1, 0.15) is 5.75 Å². The lowest BCUT2D eigenvalue weighted by Crippen LogP contribution is -2.27. The number of aromatic hydroxyl groups is 1. The lowest BCUT2D eigenvalue weighted by atomic mass is 10.0. The molecule has 4 nitrogen and oxygen atoms in total. The molecule has 2 aromatic rings. The number of carbonyl (C=O) groups excluding carboxylic acids is 2. The molecule has 0 radical (unpaired) electrons. The number of phenolic OH excluding ortho intramolecular Hbond substituents is 1. The van der Waals surface area contributed by atoms with Crippen LogP contribution in [0.5, 0.6) is 5.75 Å². The van der Waals surface area contributed by atoms with E-state index in [1.54, 1.807) is 60.5 Å². The summed E-state index contributed by atoms with van der Waals surface area (Å²) in [6.45, 7) is 1.86. The summed E-state index contributed by atoms with van der Waals surface area (Å²) in [5.74, 6) is -0.138. The fourth-order valence-corrected chi connectivity index (χ4v) is 2.13. The van der Waals surface area contributed by atoms with Gasteiger partial charge in [-0.25, -0.2) is 0 Å². The van der Waals surface area contributed by atoms with Crippen LogP contribution < -0.4 is 0 Å². The van der Waals surface area contributed by atoms with Gasteiger partial charge in [-0.05, 0) is 30.7 Å². The van der Waals surface area contributed by atoms with Gasteiger partial charge in [0.05, 0.1) is 5.56 Å². The monoisotopic (exact) mass is 283 g/mol. The van der Waals surface area contributed by atoms with Crippen LogP contribution in [0.1, 0.15) is 33.2 Å². The first-order valence-corrected chi connectivity index (χ1v) is 6.62. The average molecular weight is 283 g/mol. The molecule has 0 saturated carbocycles. The van der Waals surface area contributed by atoms with Crippen LogP contribution in [0.3, 0.4) is 0 Å². The highest BCUT2D eigenvalue weighted by atomic mass is 16.3. The second-order valence-electron chi connectivity index (χ2n) is 4.93. The number of nitrogens with zero attached hydrogens (tertiary/aromatic N) is 1. The summed E-state index contributed by atoms with van der Waals surface area (Å²) in [5, 5.41) is 9.26. The van der Waals surface area contributed by atoms with Gasteiger partial charge in [-0.2, -0.15) is 0 Å². The molecule has 0 unspecified atom stereocenters. The third kappa shape index (κ3) is 3.48. The molecule has 1 amide bonds. The molecule has 4 heteroatoms. The summed E-state index contributed by atoms with van der Waals surface area (Å²) >= 11 is 0. The molecular formula is C17H17NO3. The minimum absolute atomic E-state index is 0.128. The maximum absolute atomic E-state index is 12.5.